The SMILES string of the molecule is O=CC1OCC(c2ccc(C3CCC(N4CCOCC4)CC3)cc2)N1c1ccc2nc[nH]c2c1. The molecule has 2 atom stereocenters. The molecule has 2 aromatic carbocycles. The number of anilines is 1. The summed E-state index contributed by atoms with van der Waals surface area (Å²) in [6.07, 6.45) is 7.03. The van der Waals surface area contributed by atoms with Gasteiger partial charge in [-0.2, -0.15) is 0 Å². The maximum Gasteiger partial charge on any atom is 0.187 e. The van der Waals surface area contributed by atoms with Crippen LogP contribution in [0.15, 0.2) is 48.8 Å². The Morgan fingerprint density at radius 1 is 0.971 bits per heavy atom. The van der Waals surface area contributed by atoms with Crippen molar-refractivity contribution in [2.75, 3.05) is 37.8 Å². The van der Waals surface area contributed by atoms with Gasteiger partial charge in [-0.3, -0.25) is 9.69 Å². The van der Waals surface area contributed by atoms with Crippen molar-refractivity contribution < 1.29 is 14.3 Å². The monoisotopic (exact) mass is 460 g/mol. The van der Waals surface area contributed by atoms with Crippen LogP contribution in [0.2, 0.25) is 0 Å². The lowest BCUT2D eigenvalue weighted by Gasteiger charge is -2.39. The Hall–Kier alpha value is -2.74. The quantitative estimate of drug-likeness (QED) is 0.580. The normalized spacial score (nSPS) is 28.4. The Bertz CT molecular complexity index is 1120. The molecule has 3 heterocycles. The van der Waals surface area contributed by atoms with Crippen molar-refractivity contribution >= 4 is 23.0 Å². The molecule has 0 bridgehead atoms. The molecule has 0 spiro atoms. The molecule has 7 heteroatoms. The van der Waals surface area contributed by atoms with Crippen LogP contribution in [0.1, 0.15) is 48.8 Å². The zero-order valence-corrected chi connectivity index (χ0v) is 19.4. The van der Waals surface area contributed by atoms with Crippen LogP contribution in [0.3, 0.4) is 0 Å². The predicted octanol–water partition coefficient (Wildman–Crippen LogP) is 4.02. The number of fused-ring (bicyclic) bond motifs is 1. The van der Waals surface area contributed by atoms with Crippen molar-refractivity contribution in [3.05, 3.63) is 59.9 Å². The summed E-state index contributed by atoms with van der Waals surface area (Å²) in [5, 5.41) is 0. The van der Waals surface area contributed by atoms with Gasteiger partial charge in [0.15, 0.2) is 12.5 Å². The first kappa shape index (κ1) is 21.8. The van der Waals surface area contributed by atoms with Gasteiger partial charge in [0.05, 0.1) is 43.2 Å². The number of imidazole rings is 1. The van der Waals surface area contributed by atoms with Gasteiger partial charge < -0.3 is 19.4 Å². The van der Waals surface area contributed by atoms with E-state index in [0.717, 1.165) is 55.4 Å². The highest BCUT2D eigenvalue weighted by Crippen LogP contribution is 2.38. The van der Waals surface area contributed by atoms with Crippen LogP contribution in [0, 0.1) is 0 Å². The topological polar surface area (TPSA) is 70.7 Å². The fraction of sp³-hybridized carbons (Fsp3) is 0.481. The summed E-state index contributed by atoms with van der Waals surface area (Å²) in [5.41, 5.74) is 5.44. The minimum atomic E-state index is -0.583. The molecule has 3 fully saturated rings. The third-order valence-electron chi connectivity index (χ3n) is 7.90. The third kappa shape index (κ3) is 4.13. The Morgan fingerprint density at radius 3 is 2.50 bits per heavy atom. The van der Waals surface area contributed by atoms with Crippen molar-refractivity contribution in [3.63, 3.8) is 0 Å². The number of hydrogen-bond donors (Lipinski definition) is 1. The van der Waals surface area contributed by atoms with Crippen LogP contribution in [0.4, 0.5) is 5.69 Å². The van der Waals surface area contributed by atoms with Gasteiger partial charge in [-0.15, -0.1) is 0 Å². The Balaban J connectivity index is 1.16. The first-order valence-electron chi connectivity index (χ1n) is 12.5. The predicted molar refractivity (Wildman–Crippen MR) is 131 cm³/mol. The van der Waals surface area contributed by atoms with E-state index >= 15 is 0 Å². The van der Waals surface area contributed by atoms with Gasteiger partial charge in [0.2, 0.25) is 0 Å². The maximum absolute atomic E-state index is 11.8. The molecule has 1 saturated carbocycles. The molecular weight excluding hydrogens is 428 g/mol. The summed E-state index contributed by atoms with van der Waals surface area (Å²) in [7, 11) is 0. The lowest BCUT2D eigenvalue weighted by atomic mass is 9.81. The highest BCUT2D eigenvalue weighted by Gasteiger charge is 2.36. The largest absolute Gasteiger partial charge is 0.379 e. The molecule has 3 aromatic rings. The number of aldehydes is 1. The minimum Gasteiger partial charge on any atom is -0.379 e. The van der Waals surface area contributed by atoms with Crippen LogP contribution in [-0.2, 0) is 14.3 Å². The molecule has 1 aliphatic carbocycles. The van der Waals surface area contributed by atoms with E-state index in [1.165, 1.54) is 36.8 Å². The van der Waals surface area contributed by atoms with Crippen LogP contribution >= 0.6 is 0 Å². The van der Waals surface area contributed by atoms with E-state index in [0.29, 0.717) is 12.5 Å². The van der Waals surface area contributed by atoms with Crippen LogP contribution in [0.25, 0.3) is 11.0 Å². The summed E-state index contributed by atoms with van der Waals surface area (Å²) in [4.78, 5) is 24.0. The fourth-order valence-corrected chi connectivity index (χ4v) is 6.01. The molecule has 1 aromatic heterocycles. The summed E-state index contributed by atoms with van der Waals surface area (Å²) >= 11 is 0. The molecule has 6 rings (SSSR count). The number of rotatable bonds is 5. The molecule has 2 aliphatic heterocycles. The van der Waals surface area contributed by atoms with E-state index in [4.69, 9.17) is 9.47 Å². The van der Waals surface area contributed by atoms with Gasteiger partial charge in [-0.25, -0.2) is 4.98 Å². The summed E-state index contributed by atoms with van der Waals surface area (Å²) < 4.78 is 11.4. The van der Waals surface area contributed by atoms with Crippen molar-refractivity contribution in [1.82, 2.24) is 14.9 Å². The highest BCUT2D eigenvalue weighted by molar-refractivity contribution is 5.80. The third-order valence-corrected chi connectivity index (χ3v) is 7.90. The number of ether oxygens (including phenoxy) is 2. The molecular formula is C27H32N4O3. The molecule has 2 saturated heterocycles. The lowest BCUT2D eigenvalue weighted by molar-refractivity contribution is -0.115. The first-order chi connectivity index (χ1) is 16.8. The molecule has 3 aliphatic rings. The fourth-order valence-electron chi connectivity index (χ4n) is 6.01. The average Bonchev–Trinajstić information content (AvgIpc) is 3.56. The Kier molecular flexibility index (Phi) is 6.07. The average molecular weight is 461 g/mol. The van der Waals surface area contributed by atoms with E-state index in [1.54, 1.807) is 6.33 Å². The second-order valence-corrected chi connectivity index (χ2v) is 9.71. The molecule has 34 heavy (non-hydrogen) atoms. The van der Waals surface area contributed by atoms with Gasteiger partial charge in [0, 0.05) is 24.8 Å². The number of carbonyl (C=O) groups is 1. The smallest absolute Gasteiger partial charge is 0.187 e. The summed E-state index contributed by atoms with van der Waals surface area (Å²) in [6, 6.07) is 15.8. The number of aromatic nitrogens is 2. The number of nitrogens with one attached hydrogen (secondary N) is 1. The molecule has 0 radical (unpaired) electrons. The second kappa shape index (κ2) is 9.49. The van der Waals surface area contributed by atoms with Gasteiger partial charge >= 0.3 is 0 Å². The molecule has 1 N–H and O–H groups in total. The number of benzene rings is 2. The van der Waals surface area contributed by atoms with E-state index in [-0.39, 0.29) is 6.04 Å². The standard InChI is InChI=1S/C27H32N4O3/c32-16-27-31(23-9-10-24-25(15-23)29-18-28-24)26(17-34-27)21-3-1-19(2-4-21)20-5-7-22(8-6-20)30-11-13-33-14-12-30/h1-4,9-10,15-16,18,20,22,26-27H,5-8,11-14,17H2,(H,28,29). The number of morpholine rings is 1. The van der Waals surface area contributed by atoms with Crippen molar-refractivity contribution in [2.45, 2.75) is 49.9 Å². The Morgan fingerprint density at radius 2 is 1.74 bits per heavy atom. The van der Waals surface area contributed by atoms with E-state index < -0.39 is 6.23 Å². The van der Waals surface area contributed by atoms with Crippen molar-refractivity contribution in [2.24, 2.45) is 0 Å². The van der Waals surface area contributed by atoms with Crippen LogP contribution in [-0.4, -0.2) is 66.3 Å². The Labute approximate surface area is 200 Å². The molecule has 0 amide bonds. The van der Waals surface area contributed by atoms with Crippen molar-refractivity contribution in [1.29, 1.82) is 0 Å². The van der Waals surface area contributed by atoms with Gasteiger partial charge in [0.25, 0.3) is 0 Å². The van der Waals surface area contributed by atoms with Crippen LogP contribution in [0.5, 0.6) is 0 Å². The molecule has 7 nitrogen and oxygen atoms in total. The zero-order chi connectivity index (χ0) is 22.9. The minimum absolute atomic E-state index is 0.00155. The number of hydrogen-bond acceptors (Lipinski definition) is 6. The molecule has 2 unspecified atom stereocenters. The van der Waals surface area contributed by atoms with E-state index in [1.807, 2.05) is 18.2 Å². The van der Waals surface area contributed by atoms with E-state index in [9.17, 15) is 4.79 Å². The number of nitrogens with zero attached hydrogens (tertiary/aromatic N) is 3. The lowest BCUT2D eigenvalue weighted by Crippen LogP contribution is -2.44. The number of H-pyrrole nitrogens is 1. The number of carbonyl (C=O) groups excluding carboxylic acids is 1. The maximum atomic E-state index is 11.8. The van der Waals surface area contributed by atoms with Crippen LogP contribution < -0.4 is 4.90 Å². The van der Waals surface area contributed by atoms with Gasteiger partial charge in [0.1, 0.15) is 0 Å². The molecule has 178 valence electrons. The van der Waals surface area contributed by atoms with Gasteiger partial charge in [-0.1, -0.05) is 24.3 Å². The second-order valence-electron chi connectivity index (χ2n) is 9.71. The van der Waals surface area contributed by atoms with Crippen molar-refractivity contribution in [3.8, 4) is 0 Å². The zero-order valence-electron chi connectivity index (χ0n) is 19.4. The van der Waals surface area contributed by atoms with E-state index in [2.05, 4.69) is 44.0 Å². The summed E-state index contributed by atoms with van der Waals surface area (Å²) in [6.45, 7) is 4.42. The summed E-state index contributed by atoms with van der Waals surface area (Å²) in [5.74, 6) is 0.632. The van der Waals surface area contributed by atoms with Gasteiger partial charge in [-0.05, 0) is 60.9 Å². The first-order valence-corrected chi connectivity index (χ1v) is 12.5. The highest BCUT2D eigenvalue weighted by atomic mass is 16.5. The number of aromatic amines is 1.